The second kappa shape index (κ2) is 6.09. The number of rotatable bonds is 5. The fourth-order valence-electron chi connectivity index (χ4n) is 1.39. The molecular formula is C12H17ClFN. The highest BCUT2D eigenvalue weighted by Gasteiger charge is 2.06. The summed E-state index contributed by atoms with van der Waals surface area (Å²) in [6, 6.07) is 5.08. The van der Waals surface area contributed by atoms with Crippen molar-refractivity contribution < 1.29 is 4.39 Å². The first-order chi connectivity index (χ1) is 7.15. The molecule has 0 aromatic heterocycles. The van der Waals surface area contributed by atoms with Crippen LogP contribution in [0, 0.1) is 5.82 Å². The van der Waals surface area contributed by atoms with E-state index in [0.717, 1.165) is 18.5 Å². The van der Waals surface area contributed by atoms with Gasteiger partial charge in [-0.25, -0.2) is 4.39 Å². The summed E-state index contributed by atoms with van der Waals surface area (Å²) in [4.78, 5) is 0. The third-order valence-corrected chi connectivity index (χ3v) is 2.71. The molecule has 0 fully saturated rings. The summed E-state index contributed by atoms with van der Waals surface area (Å²) in [5.41, 5.74) is 1.03. The summed E-state index contributed by atoms with van der Waals surface area (Å²) in [5, 5.41) is 3.56. The lowest BCUT2D eigenvalue weighted by Crippen LogP contribution is -2.19. The minimum atomic E-state index is -0.360. The Balaban J connectivity index is 2.57. The summed E-state index contributed by atoms with van der Waals surface area (Å²) in [7, 11) is 0. The molecule has 0 heterocycles. The quantitative estimate of drug-likeness (QED) is 0.755. The zero-order valence-corrected chi connectivity index (χ0v) is 9.94. The minimum absolute atomic E-state index is 0.191. The highest BCUT2D eigenvalue weighted by molar-refractivity contribution is 6.30. The Morgan fingerprint density at radius 1 is 1.47 bits per heavy atom. The molecule has 0 unspecified atom stereocenters. The molecule has 0 amide bonds. The molecule has 0 spiro atoms. The van der Waals surface area contributed by atoms with Gasteiger partial charge in [0.25, 0.3) is 0 Å². The second-order valence-electron chi connectivity index (χ2n) is 3.70. The van der Waals surface area contributed by atoms with Crippen LogP contribution in [0.4, 0.5) is 4.39 Å². The Kier molecular flexibility index (Phi) is 5.06. The van der Waals surface area contributed by atoms with Crippen LogP contribution < -0.4 is 5.32 Å². The molecule has 0 saturated carbocycles. The molecule has 84 valence electrons. The molecule has 3 heteroatoms. The van der Waals surface area contributed by atoms with Crippen LogP contribution in [-0.4, -0.2) is 6.54 Å². The van der Waals surface area contributed by atoms with Crippen molar-refractivity contribution in [3.05, 3.63) is 34.6 Å². The first kappa shape index (κ1) is 12.5. The van der Waals surface area contributed by atoms with E-state index < -0.39 is 0 Å². The van der Waals surface area contributed by atoms with Crippen molar-refractivity contribution in [2.24, 2.45) is 0 Å². The van der Waals surface area contributed by atoms with E-state index in [0.29, 0.717) is 0 Å². The van der Waals surface area contributed by atoms with Gasteiger partial charge in [0.15, 0.2) is 0 Å². The zero-order chi connectivity index (χ0) is 11.3. The maximum absolute atomic E-state index is 12.9. The number of halogens is 2. The Hall–Kier alpha value is -0.600. The van der Waals surface area contributed by atoms with Crippen LogP contribution >= 0.6 is 11.6 Å². The Morgan fingerprint density at radius 3 is 2.80 bits per heavy atom. The Morgan fingerprint density at radius 2 is 2.20 bits per heavy atom. The van der Waals surface area contributed by atoms with Crippen molar-refractivity contribution in [3.63, 3.8) is 0 Å². The number of hydrogen-bond acceptors (Lipinski definition) is 1. The van der Waals surface area contributed by atoms with Gasteiger partial charge in [0.05, 0.1) is 5.02 Å². The average Bonchev–Trinajstić information content (AvgIpc) is 2.22. The molecule has 0 radical (unpaired) electrons. The highest BCUT2D eigenvalue weighted by Crippen LogP contribution is 2.20. The van der Waals surface area contributed by atoms with Crippen LogP contribution in [0.3, 0.4) is 0 Å². The molecule has 1 nitrogen and oxygen atoms in total. The first-order valence-corrected chi connectivity index (χ1v) is 5.71. The Labute approximate surface area is 95.6 Å². The van der Waals surface area contributed by atoms with E-state index in [4.69, 9.17) is 11.6 Å². The second-order valence-corrected chi connectivity index (χ2v) is 4.11. The molecule has 1 rings (SSSR count). The third-order valence-electron chi connectivity index (χ3n) is 2.42. The van der Waals surface area contributed by atoms with Crippen LogP contribution in [0.25, 0.3) is 0 Å². The van der Waals surface area contributed by atoms with Gasteiger partial charge in [-0.15, -0.1) is 0 Å². The lowest BCUT2D eigenvalue weighted by molar-refractivity contribution is 0.552. The number of nitrogens with one attached hydrogen (secondary N) is 1. The first-order valence-electron chi connectivity index (χ1n) is 5.33. The normalized spacial score (nSPS) is 12.8. The molecule has 0 aliphatic rings. The molecule has 0 aliphatic heterocycles. The molecule has 1 N–H and O–H groups in total. The topological polar surface area (TPSA) is 12.0 Å². The smallest absolute Gasteiger partial charge is 0.141 e. The van der Waals surface area contributed by atoms with Gasteiger partial charge in [-0.05, 0) is 37.6 Å². The SMILES string of the molecule is CCCCN[C@H](C)c1ccc(F)c(Cl)c1. The summed E-state index contributed by atoms with van der Waals surface area (Å²) in [6.45, 7) is 5.19. The number of hydrogen-bond donors (Lipinski definition) is 1. The van der Waals surface area contributed by atoms with E-state index in [1.807, 2.05) is 0 Å². The standard InChI is InChI=1S/C12H17ClFN/c1-3-4-7-15-9(2)10-5-6-12(14)11(13)8-10/h5-6,8-9,15H,3-4,7H2,1-2H3/t9-/m1/s1. The molecule has 0 bridgehead atoms. The summed E-state index contributed by atoms with van der Waals surface area (Å²) in [6.07, 6.45) is 2.32. The third kappa shape index (κ3) is 3.80. The van der Waals surface area contributed by atoms with E-state index in [-0.39, 0.29) is 16.9 Å². The van der Waals surface area contributed by atoms with Crippen LogP contribution in [0.2, 0.25) is 5.02 Å². The predicted octanol–water partition coefficient (Wildman–Crippen LogP) is 3.93. The van der Waals surface area contributed by atoms with Gasteiger partial charge in [-0.2, -0.15) is 0 Å². The molecule has 0 saturated heterocycles. The van der Waals surface area contributed by atoms with Crippen molar-refractivity contribution in [2.45, 2.75) is 32.7 Å². The lowest BCUT2D eigenvalue weighted by atomic mass is 10.1. The molecule has 1 aromatic carbocycles. The molecule has 1 atom stereocenters. The van der Waals surface area contributed by atoms with Crippen molar-refractivity contribution in [2.75, 3.05) is 6.54 Å². The Bertz CT molecular complexity index is 314. The number of benzene rings is 1. The van der Waals surface area contributed by atoms with Crippen LogP contribution in [0.15, 0.2) is 18.2 Å². The van der Waals surface area contributed by atoms with Crippen molar-refractivity contribution in [1.82, 2.24) is 5.32 Å². The summed E-state index contributed by atoms with van der Waals surface area (Å²) in [5.74, 6) is -0.360. The van der Waals surface area contributed by atoms with E-state index in [1.165, 1.54) is 12.5 Å². The van der Waals surface area contributed by atoms with Crippen molar-refractivity contribution in [3.8, 4) is 0 Å². The van der Waals surface area contributed by atoms with Crippen LogP contribution in [0.5, 0.6) is 0 Å². The van der Waals surface area contributed by atoms with Crippen molar-refractivity contribution >= 4 is 11.6 Å². The van der Waals surface area contributed by atoms with Gasteiger partial charge in [-0.3, -0.25) is 0 Å². The molecule has 15 heavy (non-hydrogen) atoms. The van der Waals surface area contributed by atoms with E-state index >= 15 is 0 Å². The zero-order valence-electron chi connectivity index (χ0n) is 9.19. The summed E-state index contributed by atoms with van der Waals surface area (Å²) >= 11 is 5.72. The van der Waals surface area contributed by atoms with E-state index in [9.17, 15) is 4.39 Å². The predicted molar refractivity (Wildman–Crippen MR) is 62.7 cm³/mol. The minimum Gasteiger partial charge on any atom is -0.310 e. The van der Waals surface area contributed by atoms with Crippen molar-refractivity contribution in [1.29, 1.82) is 0 Å². The van der Waals surface area contributed by atoms with Gasteiger partial charge in [0, 0.05) is 6.04 Å². The van der Waals surface area contributed by atoms with E-state index in [1.54, 1.807) is 12.1 Å². The average molecular weight is 230 g/mol. The summed E-state index contributed by atoms with van der Waals surface area (Å²) < 4.78 is 12.9. The monoisotopic (exact) mass is 229 g/mol. The largest absolute Gasteiger partial charge is 0.310 e. The van der Waals surface area contributed by atoms with Crippen LogP contribution in [-0.2, 0) is 0 Å². The lowest BCUT2D eigenvalue weighted by Gasteiger charge is -2.14. The highest BCUT2D eigenvalue weighted by atomic mass is 35.5. The maximum Gasteiger partial charge on any atom is 0.141 e. The van der Waals surface area contributed by atoms with Crippen LogP contribution in [0.1, 0.15) is 38.3 Å². The maximum atomic E-state index is 12.9. The molecule has 1 aromatic rings. The molecule has 0 aliphatic carbocycles. The fraction of sp³-hybridized carbons (Fsp3) is 0.500. The van der Waals surface area contributed by atoms with Gasteiger partial charge in [0.2, 0.25) is 0 Å². The van der Waals surface area contributed by atoms with Gasteiger partial charge in [-0.1, -0.05) is 31.0 Å². The van der Waals surface area contributed by atoms with Gasteiger partial charge < -0.3 is 5.32 Å². The van der Waals surface area contributed by atoms with E-state index in [2.05, 4.69) is 19.2 Å². The fourth-order valence-corrected chi connectivity index (χ4v) is 1.58. The number of unbranched alkanes of at least 4 members (excludes halogenated alkanes) is 1. The molecular weight excluding hydrogens is 213 g/mol. The van der Waals surface area contributed by atoms with Gasteiger partial charge in [0.1, 0.15) is 5.82 Å². The van der Waals surface area contributed by atoms with Gasteiger partial charge >= 0.3 is 0 Å².